The lowest BCUT2D eigenvalue weighted by Gasteiger charge is -2.19. The van der Waals surface area contributed by atoms with Crippen molar-refractivity contribution >= 4 is 41.4 Å². The molecule has 46 heavy (non-hydrogen) atoms. The second-order valence-electron chi connectivity index (χ2n) is 10.7. The highest BCUT2D eigenvalue weighted by molar-refractivity contribution is 6.13. The normalized spacial score (nSPS) is 22.2. The molecule has 3 aliphatic rings. The van der Waals surface area contributed by atoms with Gasteiger partial charge in [0.15, 0.2) is 0 Å². The van der Waals surface area contributed by atoms with E-state index >= 15 is 0 Å². The maximum absolute atomic E-state index is 13.0. The molecule has 1 aromatic carbocycles. The molecule has 2 saturated heterocycles. The standard InChI is InChI=1S/C29H37N7O10/c30-18-14-44-28-20(15-45-27(18)28)46-16-34-23(39)12-33-29(43)19(10-17-4-2-1-3-5-17)35-24(40)13-32-22(38)11-31-21(37)8-9-36-25(41)6-7-26(36)42/h1-7,18-20,27-28H,8-16,30H2,(H,31,37)(H,32,38)(H,33,43)(H,34,39)(H,35,40)/t18-,19-,20+,27+,28+/m0/s1. The first kappa shape index (κ1) is 34.2. The van der Waals surface area contributed by atoms with Gasteiger partial charge in [0, 0.05) is 31.5 Å². The van der Waals surface area contributed by atoms with Crippen molar-refractivity contribution in [3.8, 4) is 0 Å². The Morgan fingerprint density at radius 2 is 1.46 bits per heavy atom. The third-order valence-corrected chi connectivity index (χ3v) is 7.33. The monoisotopic (exact) mass is 643 g/mol. The number of nitrogens with two attached hydrogens (primary N) is 1. The van der Waals surface area contributed by atoms with Gasteiger partial charge in [-0.05, 0) is 5.56 Å². The largest absolute Gasteiger partial charge is 0.371 e. The van der Waals surface area contributed by atoms with Gasteiger partial charge in [-0.3, -0.25) is 38.5 Å². The zero-order valence-corrected chi connectivity index (χ0v) is 24.9. The number of hydrogen-bond donors (Lipinski definition) is 6. The summed E-state index contributed by atoms with van der Waals surface area (Å²) in [5.74, 6) is -4.13. The van der Waals surface area contributed by atoms with Crippen molar-refractivity contribution in [1.29, 1.82) is 0 Å². The van der Waals surface area contributed by atoms with Crippen LogP contribution < -0.4 is 32.3 Å². The number of fused-ring (bicyclic) bond motifs is 1. The lowest BCUT2D eigenvalue weighted by molar-refractivity contribution is -0.137. The summed E-state index contributed by atoms with van der Waals surface area (Å²) in [6.07, 6.45) is 1.18. The number of nitrogens with one attached hydrogen (secondary N) is 5. The second kappa shape index (κ2) is 16.6. The van der Waals surface area contributed by atoms with E-state index < -0.39 is 60.5 Å². The van der Waals surface area contributed by atoms with Gasteiger partial charge in [0.1, 0.15) is 31.1 Å². The summed E-state index contributed by atoms with van der Waals surface area (Å²) in [5, 5.41) is 12.3. The summed E-state index contributed by atoms with van der Waals surface area (Å²) in [6, 6.07) is 7.58. The molecule has 0 bridgehead atoms. The van der Waals surface area contributed by atoms with Crippen LogP contribution in [0.2, 0.25) is 0 Å². The first-order valence-corrected chi connectivity index (χ1v) is 14.7. The molecule has 0 saturated carbocycles. The van der Waals surface area contributed by atoms with Crippen molar-refractivity contribution in [3.63, 3.8) is 0 Å². The molecule has 0 aromatic heterocycles. The highest BCUT2D eigenvalue weighted by Gasteiger charge is 2.46. The summed E-state index contributed by atoms with van der Waals surface area (Å²) in [4.78, 5) is 86.1. The number of benzene rings is 1. The lowest BCUT2D eigenvalue weighted by Crippen LogP contribution is -2.52. The molecule has 5 atom stereocenters. The second-order valence-corrected chi connectivity index (χ2v) is 10.7. The number of imide groups is 1. The molecular formula is C29H37N7O10. The van der Waals surface area contributed by atoms with Crippen LogP contribution in [0.4, 0.5) is 0 Å². The van der Waals surface area contributed by atoms with E-state index in [9.17, 15) is 33.6 Å². The number of carbonyl (C=O) groups excluding carboxylic acids is 7. The quantitative estimate of drug-likeness (QED) is 0.0749. The molecule has 17 heteroatoms. The van der Waals surface area contributed by atoms with Crippen LogP contribution in [0.3, 0.4) is 0 Å². The van der Waals surface area contributed by atoms with E-state index in [1.165, 1.54) is 0 Å². The number of ether oxygens (including phenoxy) is 3. The van der Waals surface area contributed by atoms with E-state index in [0.29, 0.717) is 6.61 Å². The molecule has 7 amide bonds. The van der Waals surface area contributed by atoms with Crippen molar-refractivity contribution in [2.24, 2.45) is 5.73 Å². The highest BCUT2D eigenvalue weighted by atomic mass is 16.6. The van der Waals surface area contributed by atoms with Crippen LogP contribution in [0, 0.1) is 0 Å². The van der Waals surface area contributed by atoms with E-state index in [-0.39, 0.29) is 63.6 Å². The van der Waals surface area contributed by atoms with Gasteiger partial charge in [-0.2, -0.15) is 0 Å². The van der Waals surface area contributed by atoms with Gasteiger partial charge < -0.3 is 46.5 Å². The van der Waals surface area contributed by atoms with E-state index in [1.54, 1.807) is 30.3 Å². The van der Waals surface area contributed by atoms with Crippen LogP contribution in [0.15, 0.2) is 42.5 Å². The Morgan fingerprint density at radius 1 is 0.826 bits per heavy atom. The number of hydrogen-bond acceptors (Lipinski definition) is 11. The van der Waals surface area contributed by atoms with Gasteiger partial charge >= 0.3 is 0 Å². The maximum Gasteiger partial charge on any atom is 0.253 e. The predicted molar refractivity (Wildman–Crippen MR) is 157 cm³/mol. The van der Waals surface area contributed by atoms with Crippen LogP contribution in [0.1, 0.15) is 12.0 Å². The molecule has 3 heterocycles. The van der Waals surface area contributed by atoms with Gasteiger partial charge in [-0.1, -0.05) is 30.3 Å². The Labute approximate surface area is 263 Å². The summed E-state index contributed by atoms with van der Waals surface area (Å²) in [5.41, 5.74) is 6.66. The molecule has 0 spiro atoms. The average molecular weight is 644 g/mol. The minimum Gasteiger partial charge on any atom is -0.371 e. The minimum atomic E-state index is -1.07. The zero-order valence-electron chi connectivity index (χ0n) is 24.9. The Kier molecular flexibility index (Phi) is 12.3. The minimum absolute atomic E-state index is 0.108. The van der Waals surface area contributed by atoms with E-state index in [2.05, 4.69) is 26.6 Å². The molecule has 2 fully saturated rings. The van der Waals surface area contributed by atoms with E-state index in [1.807, 2.05) is 0 Å². The molecule has 17 nitrogen and oxygen atoms in total. The highest BCUT2D eigenvalue weighted by Crippen LogP contribution is 2.27. The molecule has 248 valence electrons. The lowest BCUT2D eigenvalue weighted by atomic mass is 10.1. The molecule has 7 N–H and O–H groups in total. The van der Waals surface area contributed by atoms with Crippen LogP contribution in [-0.4, -0.2) is 123 Å². The molecule has 1 aromatic rings. The third kappa shape index (κ3) is 9.90. The molecule has 0 radical (unpaired) electrons. The van der Waals surface area contributed by atoms with Crippen LogP contribution in [0.5, 0.6) is 0 Å². The number of nitrogens with zero attached hydrogens (tertiary/aromatic N) is 1. The van der Waals surface area contributed by atoms with Gasteiger partial charge in [-0.15, -0.1) is 0 Å². The van der Waals surface area contributed by atoms with Crippen molar-refractivity contribution in [3.05, 3.63) is 48.0 Å². The molecule has 3 aliphatic heterocycles. The SMILES string of the molecule is N[C@H]1CO[C@H]2[C@@H]1OC[C@H]2OCNC(=O)CNC(=O)[C@H](Cc1ccccc1)NC(=O)CNC(=O)CNC(=O)CCN1C(=O)C=CC1=O. The fraction of sp³-hybridized carbons (Fsp3) is 0.483. The van der Waals surface area contributed by atoms with Crippen LogP contribution in [0.25, 0.3) is 0 Å². The smallest absolute Gasteiger partial charge is 0.253 e. The zero-order chi connectivity index (χ0) is 33.1. The van der Waals surface area contributed by atoms with E-state index in [0.717, 1.165) is 22.6 Å². The van der Waals surface area contributed by atoms with Gasteiger partial charge in [0.2, 0.25) is 29.5 Å². The number of amides is 7. The predicted octanol–water partition coefficient (Wildman–Crippen LogP) is -4.04. The summed E-state index contributed by atoms with van der Waals surface area (Å²) in [6.45, 7) is -0.942. The molecule has 0 aliphatic carbocycles. The fourth-order valence-electron chi connectivity index (χ4n) is 4.90. The van der Waals surface area contributed by atoms with Crippen molar-refractivity contribution < 1.29 is 47.8 Å². The van der Waals surface area contributed by atoms with Crippen molar-refractivity contribution in [2.45, 2.75) is 43.2 Å². The van der Waals surface area contributed by atoms with Gasteiger partial charge in [0.05, 0.1) is 38.9 Å². The molecular weight excluding hydrogens is 606 g/mol. The summed E-state index contributed by atoms with van der Waals surface area (Å²) < 4.78 is 16.8. The van der Waals surface area contributed by atoms with Gasteiger partial charge in [0.25, 0.3) is 11.8 Å². The third-order valence-electron chi connectivity index (χ3n) is 7.33. The van der Waals surface area contributed by atoms with Crippen LogP contribution >= 0.6 is 0 Å². The Morgan fingerprint density at radius 3 is 2.20 bits per heavy atom. The van der Waals surface area contributed by atoms with Gasteiger partial charge in [-0.25, -0.2) is 0 Å². The number of rotatable bonds is 16. The van der Waals surface area contributed by atoms with Crippen molar-refractivity contribution in [1.82, 2.24) is 31.5 Å². The Hall–Kier alpha value is -4.71. The first-order chi connectivity index (χ1) is 22.1. The van der Waals surface area contributed by atoms with E-state index in [4.69, 9.17) is 19.9 Å². The number of carbonyl (C=O) groups is 7. The molecule has 0 unspecified atom stereocenters. The fourth-order valence-corrected chi connectivity index (χ4v) is 4.90. The Balaban J connectivity index is 1.16. The average Bonchev–Trinajstić information content (AvgIpc) is 3.72. The summed E-state index contributed by atoms with van der Waals surface area (Å²) in [7, 11) is 0. The molecule has 4 rings (SSSR count). The summed E-state index contributed by atoms with van der Waals surface area (Å²) >= 11 is 0. The first-order valence-electron chi connectivity index (χ1n) is 14.7. The Bertz CT molecular complexity index is 1320. The maximum atomic E-state index is 13.0. The topological polar surface area (TPSA) is 237 Å². The van der Waals surface area contributed by atoms with Crippen LogP contribution in [-0.2, 0) is 54.2 Å². The van der Waals surface area contributed by atoms with Crippen molar-refractivity contribution in [2.75, 3.05) is 46.1 Å².